The number of hydrogen-bond donors (Lipinski definition) is 2. The second-order valence-electron chi connectivity index (χ2n) is 5.81. The summed E-state index contributed by atoms with van der Waals surface area (Å²) in [6, 6.07) is 10.1. The monoisotopic (exact) mass is 388 g/mol. The molecule has 0 saturated heterocycles. The molecule has 0 fully saturated rings. The van der Waals surface area contributed by atoms with Gasteiger partial charge in [0.1, 0.15) is 12.4 Å². The van der Waals surface area contributed by atoms with Gasteiger partial charge in [-0.3, -0.25) is 14.4 Å². The highest BCUT2D eigenvalue weighted by atomic mass is 19.1. The van der Waals surface area contributed by atoms with Gasteiger partial charge in [-0.05, 0) is 42.0 Å². The van der Waals surface area contributed by atoms with Crippen LogP contribution >= 0.6 is 0 Å². The summed E-state index contributed by atoms with van der Waals surface area (Å²) in [5.41, 5.74) is 1.01. The van der Waals surface area contributed by atoms with Gasteiger partial charge in [-0.1, -0.05) is 6.07 Å². The van der Waals surface area contributed by atoms with E-state index in [0.717, 1.165) is 17.7 Å². The summed E-state index contributed by atoms with van der Waals surface area (Å²) in [5, 5.41) is 4.94. The molecule has 0 spiro atoms. The molecule has 0 saturated carbocycles. The topological polar surface area (TPSA) is 103 Å². The number of carbonyl (C=O) groups excluding carboxylic acids is 3. The quantitative estimate of drug-likeness (QED) is 0.690. The molecule has 0 unspecified atom stereocenters. The summed E-state index contributed by atoms with van der Waals surface area (Å²) in [7, 11) is 0. The lowest BCUT2D eigenvalue weighted by atomic mass is 10.2. The van der Waals surface area contributed by atoms with Gasteiger partial charge in [0.15, 0.2) is 18.1 Å². The van der Waals surface area contributed by atoms with Gasteiger partial charge in [0, 0.05) is 12.1 Å². The molecule has 0 atom stereocenters. The Labute approximate surface area is 159 Å². The van der Waals surface area contributed by atoms with Crippen molar-refractivity contribution in [2.24, 2.45) is 0 Å². The minimum absolute atomic E-state index is 0.165. The molecule has 3 rings (SSSR count). The maximum Gasteiger partial charge on any atom is 0.325 e. The second-order valence-corrected chi connectivity index (χ2v) is 5.81. The summed E-state index contributed by atoms with van der Waals surface area (Å²) < 4.78 is 28.1. The smallest absolute Gasteiger partial charge is 0.325 e. The second kappa shape index (κ2) is 8.85. The van der Waals surface area contributed by atoms with Crippen LogP contribution in [0.5, 0.6) is 11.5 Å². The van der Waals surface area contributed by atoms with Crippen LogP contribution in [0.3, 0.4) is 0 Å². The third-order valence-electron chi connectivity index (χ3n) is 3.79. The number of rotatable bonds is 7. The Hall–Kier alpha value is -3.62. The molecule has 2 aromatic carbocycles. The van der Waals surface area contributed by atoms with Crippen molar-refractivity contribution < 1.29 is 33.0 Å². The lowest BCUT2D eigenvalue weighted by Crippen LogP contribution is -2.33. The standard InChI is InChI=1S/C19H17FN2O6/c20-14-4-2-13(3-5-14)19(25)22-9-18(24)26-10-17(23)21-8-12-1-6-15-16(7-12)28-11-27-15/h1-7H,8-11H2,(H,21,23)(H,22,25). The molecular weight excluding hydrogens is 371 g/mol. The predicted molar refractivity (Wildman–Crippen MR) is 94.1 cm³/mol. The van der Waals surface area contributed by atoms with E-state index in [1.54, 1.807) is 18.2 Å². The minimum atomic E-state index is -0.770. The first-order valence-corrected chi connectivity index (χ1v) is 8.36. The molecule has 9 heteroatoms. The van der Waals surface area contributed by atoms with Crippen LogP contribution in [0.2, 0.25) is 0 Å². The SMILES string of the molecule is O=C(COC(=O)CNC(=O)c1ccc(F)cc1)NCc1ccc2c(c1)OCO2. The highest BCUT2D eigenvalue weighted by Gasteiger charge is 2.14. The number of benzene rings is 2. The number of halogens is 1. The average molecular weight is 388 g/mol. The molecule has 2 aromatic rings. The summed E-state index contributed by atoms with van der Waals surface area (Å²) in [6.07, 6.45) is 0. The lowest BCUT2D eigenvalue weighted by Gasteiger charge is -2.08. The van der Waals surface area contributed by atoms with Crippen molar-refractivity contribution in [3.05, 3.63) is 59.4 Å². The molecule has 146 valence electrons. The summed E-state index contributed by atoms with van der Waals surface area (Å²) >= 11 is 0. The van der Waals surface area contributed by atoms with E-state index >= 15 is 0 Å². The van der Waals surface area contributed by atoms with Crippen molar-refractivity contribution in [1.29, 1.82) is 0 Å². The Morgan fingerprint density at radius 2 is 1.75 bits per heavy atom. The molecule has 28 heavy (non-hydrogen) atoms. The Morgan fingerprint density at radius 3 is 2.54 bits per heavy atom. The predicted octanol–water partition coefficient (Wildman–Crippen LogP) is 1.14. The maximum absolute atomic E-state index is 12.8. The molecule has 1 aliphatic rings. The summed E-state index contributed by atoms with van der Waals surface area (Å²) in [6.45, 7) is -0.491. The first kappa shape index (κ1) is 19.2. The minimum Gasteiger partial charge on any atom is -0.454 e. The van der Waals surface area contributed by atoms with E-state index in [-0.39, 0.29) is 18.9 Å². The molecule has 0 aliphatic carbocycles. The van der Waals surface area contributed by atoms with Crippen molar-refractivity contribution in [3.8, 4) is 11.5 Å². The summed E-state index contributed by atoms with van der Waals surface area (Å²) in [4.78, 5) is 35.2. The zero-order chi connectivity index (χ0) is 19.9. The molecule has 8 nitrogen and oxygen atoms in total. The van der Waals surface area contributed by atoms with Gasteiger partial charge in [-0.15, -0.1) is 0 Å². The van der Waals surface area contributed by atoms with Gasteiger partial charge in [0.05, 0.1) is 0 Å². The average Bonchev–Trinajstić information content (AvgIpc) is 3.17. The van der Waals surface area contributed by atoms with Gasteiger partial charge in [0.25, 0.3) is 11.8 Å². The molecule has 0 aromatic heterocycles. The largest absolute Gasteiger partial charge is 0.454 e. The molecule has 2 amide bonds. The number of hydrogen-bond acceptors (Lipinski definition) is 6. The molecule has 2 N–H and O–H groups in total. The van der Waals surface area contributed by atoms with Gasteiger partial charge in [-0.25, -0.2) is 4.39 Å². The van der Waals surface area contributed by atoms with Crippen molar-refractivity contribution >= 4 is 17.8 Å². The van der Waals surface area contributed by atoms with Crippen molar-refractivity contribution in [2.45, 2.75) is 6.54 Å². The Balaban J connectivity index is 1.35. The zero-order valence-electron chi connectivity index (χ0n) is 14.7. The van der Waals surface area contributed by atoms with E-state index in [0.29, 0.717) is 11.5 Å². The van der Waals surface area contributed by atoms with Crippen LogP contribution in [0.4, 0.5) is 4.39 Å². The van der Waals surface area contributed by atoms with E-state index in [1.165, 1.54) is 12.1 Å². The highest BCUT2D eigenvalue weighted by Crippen LogP contribution is 2.32. The Kier molecular flexibility index (Phi) is 6.05. The van der Waals surface area contributed by atoms with Gasteiger partial charge in [-0.2, -0.15) is 0 Å². The van der Waals surface area contributed by atoms with E-state index in [1.807, 2.05) is 0 Å². The number of fused-ring (bicyclic) bond motifs is 1. The van der Waals surface area contributed by atoms with E-state index in [9.17, 15) is 18.8 Å². The van der Waals surface area contributed by atoms with Crippen LogP contribution < -0.4 is 20.1 Å². The van der Waals surface area contributed by atoms with Crippen LogP contribution in [0, 0.1) is 5.82 Å². The Bertz CT molecular complexity index is 884. The fourth-order valence-electron chi connectivity index (χ4n) is 2.36. The van der Waals surface area contributed by atoms with Crippen LogP contribution in [0.1, 0.15) is 15.9 Å². The van der Waals surface area contributed by atoms with Crippen LogP contribution in [-0.4, -0.2) is 37.7 Å². The molecule has 0 radical (unpaired) electrons. The van der Waals surface area contributed by atoms with Crippen LogP contribution in [0.25, 0.3) is 0 Å². The third-order valence-corrected chi connectivity index (χ3v) is 3.79. The van der Waals surface area contributed by atoms with Gasteiger partial charge >= 0.3 is 5.97 Å². The van der Waals surface area contributed by atoms with E-state index in [2.05, 4.69) is 10.6 Å². The first-order chi connectivity index (χ1) is 13.5. The number of esters is 1. The van der Waals surface area contributed by atoms with Crippen LogP contribution in [0.15, 0.2) is 42.5 Å². The van der Waals surface area contributed by atoms with Gasteiger partial charge < -0.3 is 24.8 Å². The fraction of sp³-hybridized carbons (Fsp3) is 0.211. The van der Waals surface area contributed by atoms with Crippen molar-refractivity contribution in [1.82, 2.24) is 10.6 Å². The summed E-state index contributed by atoms with van der Waals surface area (Å²) in [5.74, 6) is -1.03. The maximum atomic E-state index is 12.8. The third kappa shape index (κ3) is 5.19. The number of nitrogens with one attached hydrogen (secondary N) is 2. The molecular formula is C19H17FN2O6. The highest BCUT2D eigenvalue weighted by molar-refractivity contribution is 5.96. The Morgan fingerprint density at radius 1 is 1.00 bits per heavy atom. The van der Waals surface area contributed by atoms with Crippen molar-refractivity contribution in [2.75, 3.05) is 19.9 Å². The zero-order valence-corrected chi connectivity index (χ0v) is 14.7. The van der Waals surface area contributed by atoms with E-state index < -0.39 is 36.8 Å². The molecule has 0 bridgehead atoms. The number of ether oxygens (including phenoxy) is 3. The van der Waals surface area contributed by atoms with Crippen molar-refractivity contribution in [3.63, 3.8) is 0 Å². The van der Waals surface area contributed by atoms with Gasteiger partial charge in [0.2, 0.25) is 6.79 Å². The number of carbonyl (C=O) groups is 3. The number of amides is 2. The first-order valence-electron chi connectivity index (χ1n) is 8.36. The van der Waals surface area contributed by atoms with E-state index in [4.69, 9.17) is 14.2 Å². The lowest BCUT2D eigenvalue weighted by molar-refractivity contribution is -0.147. The fourth-order valence-corrected chi connectivity index (χ4v) is 2.36. The molecule has 1 heterocycles. The van der Waals surface area contributed by atoms with Crippen LogP contribution in [-0.2, 0) is 20.9 Å². The molecule has 1 aliphatic heterocycles. The normalized spacial score (nSPS) is 11.6.